The minimum Gasteiger partial charge on any atom is -0.352 e. The molecule has 0 saturated heterocycles. The Kier molecular flexibility index (Phi) is 9.33. The van der Waals surface area contributed by atoms with E-state index in [1.165, 1.54) is 19.3 Å². The van der Waals surface area contributed by atoms with Gasteiger partial charge in [-0.15, -0.1) is 0 Å². The molecule has 0 spiro atoms. The quantitative estimate of drug-likeness (QED) is 0.717. The third-order valence-electron chi connectivity index (χ3n) is 4.80. The molecule has 4 nitrogen and oxygen atoms in total. The van der Waals surface area contributed by atoms with Crippen molar-refractivity contribution < 1.29 is 9.59 Å². The highest BCUT2D eigenvalue weighted by molar-refractivity contribution is 7.98. The van der Waals surface area contributed by atoms with E-state index in [4.69, 9.17) is 11.6 Å². The van der Waals surface area contributed by atoms with E-state index in [1.54, 1.807) is 36.0 Å². The van der Waals surface area contributed by atoms with E-state index in [1.807, 2.05) is 6.26 Å². The summed E-state index contributed by atoms with van der Waals surface area (Å²) < 4.78 is 0. The molecule has 1 aliphatic rings. The van der Waals surface area contributed by atoms with Crippen LogP contribution in [0.2, 0.25) is 5.02 Å². The summed E-state index contributed by atoms with van der Waals surface area (Å²) in [5.41, 5.74) is 0.405. The molecule has 1 saturated carbocycles. The molecule has 2 amide bonds. The number of carbonyl (C=O) groups is 2. The highest BCUT2D eigenvalue weighted by atomic mass is 35.5. The van der Waals surface area contributed by atoms with Gasteiger partial charge in [0.25, 0.3) is 5.91 Å². The van der Waals surface area contributed by atoms with Crippen molar-refractivity contribution >= 4 is 35.2 Å². The fourth-order valence-electron chi connectivity index (χ4n) is 3.29. The Morgan fingerprint density at radius 1 is 1.15 bits per heavy atom. The number of nitrogens with one attached hydrogen (secondary N) is 2. The van der Waals surface area contributed by atoms with Crippen LogP contribution in [-0.4, -0.2) is 35.9 Å². The van der Waals surface area contributed by atoms with Crippen molar-refractivity contribution in [2.24, 2.45) is 0 Å². The first-order valence-corrected chi connectivity index (χ1v) is 11.2. The van der Waals surface area contributed by atoms with Gasteiger partial charge in [0.2, 0.25) is 5.91 Å². The predicted octanol–water partition coefficient (Wildman–Crippen LogP) is 4.42. The average molecular weight is 397 g/mol. The minimum absolute atomic E-state index is 0.0787. The number of rotatable bonds is 7. The van der Waals surface area contributed by atoms with Crippen LogP contribution < -0.4 is 10.6 Å². The molecule has 144 valence electrons. The molecule has 2 rings (SSSR count). The van der Waals surface area contributed by atoms with Crippen LogP contribution in [0, 0.1) is 0 Å². The third kappa shape index (κ3) is 6.84. The van der Waals surface area contributed by atoms with Gasteiger partial charge in [0, 0.05) is 6.04 Å². The van der Waals surface area contributed by atoms with Crippen molar-refractivity contribution in [1.29, 1.82) is 0 Å². The van der Waals surface area contributed by atoms with E-state index >= 15 is 0 Å². The lowest BCUT2D eigenvalue weighted by molar-refractivity contribution is -0.123. The maximum atomic E-state index is 12.8. The van der Waals surface area contributed by atoms with Gasteiger partial charge >= 0.3 is 0 Å². The monoisotopic (exact) mass is 396 g/mol. The summed E-state index contributed by atoms with van der Waals surface area (Å²) in [6.07, 6.45) is 10.8. The molecule has 2 N–H and O–H groups in total. The Labute approximate surface area is 165 Å². The molecule has 26 heavy (non-hydrogen) atoms. The molecule has 6 heteroatoms. The van der Waals surface area contributed by atoms with Crippen molar-refractivity contribution in [3.05, 3.63) is 34.9 Å². The van der Waals surface area contributed by atoms with E-state index in [0.717, 1.165) is 31.4 Å². The molecule has 1 atom stereocenters. The maximum Gasteiger partial charge on any atom is 0.253 e. The second-order valence-electron chi connectivity index (χ2n) is 6.84. The van der Waals surface area contributed by atoms with Crippen LogP contribution in [0.5, 0.6) is 0 Å². The van der Waals surface area contributed by atoms with E-state index in [0.29, 0.717) is 17.0 Å². The first-order chi connectivity index (χ1) is 12.6. The minimum atomic E-state index is -0.531. The number of amides is 2. The number of hydrogen-bond acceptors (Lipinski definition) is 3. The Bertz CT molecular complexity index is 589. The van der Waals surface area contributed by atoms with Gasteiger partial charge in [0.15, 0.2) is 0 Å². The SMILES string of the molecule is CSCCC(NC(=O)c1ccccc1Cl)C(=O)NC1CCCCCCC1. The first kappa shape index (κ1) is 21.1. The van der Waals surface area contributed by atoms with Gasteiger partial charge in [-0.2, -0.15) is 11.8 Å². The van der Waals surface area contributed by atoms with Crippen LogP contribution in [0.4, 0.5) is 0 Å². The molecule has 1 unspecified atom stereocenters. The smallest absolute Gasteiger partial charge is 0.253 e. The van der Waals surface area contributed by atoms with Crippen molar-refractivity contribution in [2.45, 2.75) is 63.5 Å². The lowest BCUT2D eigenvalue weighted by Crippen LogP contribution is -2.50. The standard InChI is InChI=1S/C20H29ClN2O2S/c1-26-14-13-18(23-19(24)16-11-7-8-12-17(16)21)20(25)22-15-9-5-3-2-4-6-10-15/h7-8,11-12,15,18H,2-6,9-10,13-14H2,1H3,(H,22,25)(H,23,24). The van der Waals surface area contributed by atoms with Gasteiger partial charge in [0.1, 0.15) is 6.04 Å². The molecule has 0 aliphatic heterocycles. The summed E-state index contributed by atoms with van der Waals surface area (Å²) in [4.78, 5) is 25.4. The zero-order valence-electron chi connectivity index (χ0n) is 15.4. The van der Waals surface area contributed by atoms with Crippen molar-refractivity contribution in [2.75, 3.05) is 12.0 Å². The fraction of sp³-hybridized carbons (Fsp3) is 0.600. The second kappa shape index (κ2) is 11.5. The summed E-state index contributed by atoms with van der Waals surface area (Å²) in [7, 11) is 0. The molecule has 0 radical (unpaired) electrons. The lowest BCUT2D eigenvalue weighted by Gasteiger charge is -2.25. The van der Waals surface area contributed by atoms with Gasteiger partial charge in [-0.1, -0.05) is 55.8 Å². The molecule has 1 aromatic rings. The number of halogens is 1. The van der Waals surface area contributed by atoms with Crippen LogP contribution in [0.3, 0.4) is 0 Å². The average Bonchev–Trinajstić information content (AvgIpc) is 2.60. The Morgan fingerprint density at radius 2 is 1.81 bits per heavy atom. The van der Waals surface area contributed by atoms with E-state index in [-0.39, 0.29) is 17.9 Å². The Balaban J connectivity index is 1.99. The van der Waals surface area contributed by atoms with Gasteiger partial charge < -0.3 is 10.6 Å². The lowest BCUT2D eigenvalue weighted by atomic mass is 9.96. The van der Waals surface area contributed by atoms with Crippen molar-refractivity contribution in [3.63, 3.8) is 0 Å². The third-order valence-corrected chi connectivity index (χ3v) is 5.78. The van der Waals surface area contributed by atoms with Gasteiger partial charge in [-0.05, 0) is 43.4 Å². The zero-order chi connectivity index (χ0) is 18.8. The fourth-order valence-corrected chi connectivity index (χ4v) is 3.98. The highest BCUT2D eigenvalue weighted by Gasteiger charge is 2.24. The molecule has 1 aromatic carbocycles. The van der Waals surface area contributed by atoms with E-state index < -0.39 is 6.04 Å². The summed E-state index contributed by atoms with van der Waals surface area (Å²) in [5.74, 6) is 0.436. The molecular formula is C20H29ClN2O2S. The van der Waals surface area contributed by atoms with Crippen LogP contribution in [0.1, 0.15) is 61.7 Å². The number of benzene rings is 1. The number of thioether (sulfide) groups is 1. The Morgan fingerprint density at radius 3 is 2.46 bits per heavy atom. The summed E-state index contributed by atoms with van der Waals surface area (Å²) in [5, 5.41) is 6.45. The first-order valence-electron chi connectivity index (χ1n) is 9.46. The molecule has 1 aliphatic carbocycles. The predicted molar refractivity (Wildman–Crippen MR) is 110 cm³/mol. The topological polar surface area (TPSA) is 58.2 Å². The molecule has 1 fully saturated rings. The van der Waals surface area contributed by atoms with E-state index in [2.05, 4.69) is 10.6 Å². The number of hydrogen-bond donors (Lipinski definition) is 2. The molecule has 0 bridgehead atoms. The normalized spacial score (nSPS) is 17.0. The van der Waals surface area contributed by atoms with Gasteiger partial charge in [-0.3, -0.25) is 9.59 Å². The van der Waals surface area contributed by atoms with Crippen molar-refractivity contribution in [3.8, 4) is 0 Å². The maximum absolute atomic E-state index is 12.8. The van der Waals surface area contributed by atoms with Crippen LogP contribution >= 0.6 is 23.4 Å². The van der Waals surface area contributed by atoms with Gasteiger partial charge in [-0.25, -0.2) is 0 Å². The van der Waals surface area contributed by atoms with Crippen LogP contribution in [0.15, 0.2) is 24.3 Å². The number of carbonyl (C=O) groups excluding carboxylic acids is 2. The largest absolute Gasteiger partial charge is 0.352 e. The summed E-state index contributed by atoms with van der Waals surface area (Å²) >= 11 is 7.78. The highest BCUT2D eigenvalue weighted by Crippen LogP contribution is 2.18. The van der Waals surface area contributed by atoms with E-state index in [9.17, 15) is 9.59 Å². The second-order valence-corrected chi connectivity index (χ2v) is 8.23. The molecule has 0 heterocycles. The van der Waals surface area contributed by atoms with Gasteiger partial charge in [0.05, 0.1) is 10.6 Å². The molecule has 0 aromatic heterocycles. The van der Waals surface area contributed by atoms with Crippen LogP contribution in [0.25, 0.3) is 0 Å². The Hall–Kier alpha value is -1.20. The zero-order valence-corrected chi connectivity index (χ0v) is 17.0. The summed E-state index contributed by atoms with van der Waals surface area (Å²) in [6.45, 7) is 0. The summed E-state index contributed by atoms with van der Waals surface area (Å²) in [6, 6.07) is 6.60. The van der Waals surface area contributed by atoms with Crippen molar-refractivity contribution in [1.82, 2.24) is 10.6 Å². The van der Waals surface area contributed by atoms with Crippen LogP contribution in [-0.2, 0) is 4.79 Å². The molecular weight excluding hydrogens is 368 g/mol.